The van der Waals surface area contributed by atoms with Crippen LogP contribution in [0.1, 0.15) is 13.3 Å². The smallest absolute Gasteiger partial charge is 0.224 e. The van der Waals surface area contributed by atoms with Crippen LogP contribution in [-0.4, -0.2) is 35.2 Å². The van der Waals surface area contributed by atoms with Gasteiger partial charge in [-0.25, -0.2) is 0 Å². The molecule has 1 saturated heterocycles. The molecule has 0 radical (unpaired) electrons. The summed E-state index contributed by atoms with van der Waals surface area (Å²) in [7, 11) is 0. The van der Waals surface area contributed by atoms with Crippen LogP contribution in [0.15, 0.2) is 0 Å². The molecule has 0 bridgehead atoms. The van der Waals surface area contributed by atoms with Crippen LogP contribution in [0.5, 0.6) is 0 Å². The number of carbonyl (C=O) groups excluding carboxylic acids is 1. The van der Waals surface area contributed by atoms with Crippen LogP contribution >= 0.6 is 11.8 Å². The Kier molecular flexibility index (Phi) is 3.88. The minimum atomic E-state index is -0.442. The highest BCUT2D eigenvalue weighted by atomic mass is 32.2. The van der Waals surface area contributed by atoms with Crippen molar-refractivity contribution in [1.29, 1.82) is 0 Å². The first-order chi connectivity index (χ1) is 5.70. The van der Waals surface area contributed by atoms with Gasteiger partial charge in [-0.15, -0.1) is 0 Å². The minimum absolute atomic E-state index is 0.0981. The predicted octanol–water partition coefficient (Wildman–Crippen LogP) is 0.237. The molecular formula is C8H15NO2S. The number of amides is 1. The maximum atomic E-state index is 11.3. The van der Waals surface area contributed by atoms with Gasteiger partial charge < -0.3 is 10.4 Å². The summed E-state index contributed by atoms with van der Waals surface area (Å²) in [5.41, 5.74) is 0. The van der Waals surface area contributed by atoms with E-state index in [1.54, 1.807) is 6.92 Å². The molecule has 0 aromatic carbocycles. The zero-order valence-corrected chi connectivity index (χ0v) is 8.06. The lowest BCUT2D eigenvalue weighted by Gasteiger charge is -2.10. The summed E-state index contributed by atoms with van der Waals surface area (Å²) < 4.78 is 0. The lowest BCUT2D eigenvalue weighted by Crippen LogP contribution is -2.35. The molecule has 2 unspecified atom stereocenters. The molecular weight excluding hydrogens is 174 g/mol. The Balaban J connectivity index is 2.18. The van der Waals surface area contributed by atoms with Crippen molar-refractivity contribution in [2.24, 2.45) is 5.92 Å². The Labute approximate surface area is 76.9 Å². The van der Waals surface area contributed by atoms with Crippen LogP contribution in [0.4, 0.5) is 0 Å². The van der Waals surface area contributed by atoms with Crippen LogP contribution in [0.3, 0.4) is 0 Å². The Morgan fingerprint density at radius 2 is 2.58 bits per heavy atom. The van der Waals surface area contributed by atoms with Gasteiger partial charge in [0.05, 0.1) is 6.10 Å². The van der Waals surface area contributed by atoms with Crippen molar-refractivity contribution in [2.75, 3.05) is 18.1 Å². The summed E-state index contributed by atoms with van der Waals surface area (Å²) in [4.78, 5) is 11.3. The second-order valence-corrected chi connectivity index (χ2v) is 4.30. The first-order valence-corrected chi connectivity index (χ1v) is 5.39. The van der Waals surface area contributed by atoms with Crippen LogP contribution in [0.2, 0.25) is 0 Å². The first kappa shape index (κ1) is 9.86. The maximum Gasteiger partial charge on any atom is 0.224 e. The van der Waals surface area contributed by atoms with Gasteiger partial charge in [0.1, 0.15) is 0 Å². The Hall–Kier alpha value is -0.220. The highest BCUT2D eigenvalue weighted by molar-refractivity contribution is 7.99. The third kappa shape index (κ3) is 3.03. The summed E-state index contributed by atoms with van der Waals surface area (Å²) in [6.45, 7) is 2.05. The molecule has 1 rings (SSSR count). The molecule has 1 aliphatic rings. The van der Waals surface area contributed by atoms with Gasteiger partial charge in [-0.3, -0.25) is 4.79 Å². The van der Waals surface area contributed by atoms with Crippen molar-refractivity contribution >= 4 is 17.7 Å². The minimum Gasteiger partial charge on any atom is -0.392 e. The predicted molar refractivity (Wildman–Crippen MR) is 50.1 cm³/mol. The quantitative estimate of drug-likeness (QED) is 0.668. The lowest BCUT2D eigenvalue weighted by molar-refractivity contribution is -0.124. The normalized spacial score (nSPS) is 25.3. The molecule has 0 aliphatic carbocycles. The Bertz CT molecular complexity index is 155. The molecule has 0 aromatic heterocycles. The van der Waals surface area contributed by atoms with Crippen LogP contribution in [0, 0.1) is 5.92 Å². The zero-order valence-electron chi connectivity index (χ0n) is 7.25. The molecule has 0 spiro atoms. The number of thioether (sulfide) groups is 1. The topological polar surface area (TPSA) is 49.3 Å². The SMILES string of the molecule is CC(O)CNC(=O)C1CCSC1. The highest BCUT2D eigenvalue weighted by Gasteiger charge is 2.22. The number of nitrogens with one attached hydrogen (secondary N) is 1. The van der Waals surface area contributed by atoms with E-state index in [1.807, 2.05) is 11.8 Å². The largest absolute Gasteiger partial charge is 0.392 e. The number of hydrogen-bond donors (Lipinski definition) is 2. The number of aliphatic hydroxyl groups excluding tert-OH is 1. The van der Waals surface area contributed by atoms with Gasteiger partial charge in [0, 0.05) is 18.2 Å². The molecule has 12 heavy (non-hydrogen) atoms. The molecule has 0 aromatic rings. The van der Waals surface area contributed by atoms with E-state index in [0.717, 1.165) is 17.9 Å². The van der Waals surface area contributed by atoms with Crippen molar-refractivity contribution in [1.82, 2.24) is 5.32 Å². The average molecular weight is 189 g/mol. The molecule has 70 valence electrons. The zero-order chi connectivity index (χ0) is 8.97. The van der Waals surface area contributed by atoms with E-state index in [4.69, 9.17) is 5.11 Å². The fourth-order valence-corrected chi connectivity index (χ4v) is 2.35. The van der Waals surface area contributed by atoms with E-state index in [2.05, 4.69) is 5.32 Å². The molecule has 3 nitrogen and oxygen atoms in total. The Morgan fingerprint density at radius 1 is 1.83 bits per heavy atom. The summed E-state index contributed by atoms with van der Waals surface area (Å²) in [5, 5.41) is 11.6. The van der Waals surface area contributed by atoms with Crippen molar-refractivity contribution in [3.8, 4) is 0 Å². The van der Waals surface area contributed by atoms with Gasteiger partial charge in [-0.05, 0) is 19.1 Å². The number of rotatable bonds is 3. The third-order valence-electron chi connectivity index (χ3n) is 1.87. The summed E-state index contributed by atoms with van der Waals surface area (Å²) >= 11 is 1.82. The molecule has 2 N–H and O–H groups in total. The fraction of sp³-hybridized carbons (Fsp3) is 0.875. The first-order valence-electron chi connectivity index (χ1n) is 4.23. The van der Waals surface area contributed by atoms with E-state index in [-0.39, 0.29) is 11.8 Å². The second kappa shape index (κ2) is 4.72. The van der Waals surface area contributed by atoms with Crippen LogP contribution in [-0.2, 0) is 4.79 Å². The van der Waals surface area contributed by atoms with Gasteiger partial charge in [0.25, 0.3) is 0 Å². The summed E-state index contributed by atoms with van der Waals surface area (Å²) in [6, 6.07) is 0. The molecule has 4 heteroatoms. The van der Waals surface area contributed by atoms with Crippen molar-refractivity contribution in [3.05, 3.63) is 0 Å². The average Bonchev–Trinajstić information content (AvgIpc) is 2.51. The molecule has 1 amide bonds. The second-order valence-electron chi connectivity index (χ2n) is 3.15. The standard InChI is InChI=1S/C8H15NO2S/c1-6(10)4-9-8(11)7-2-3-12-5-7/h6-7,10H,2-5H2,1H3,(H,9,11). The molecule has 1 aliphatic heterocycles. The summed E-state index contributed by atoms with van der Waals surface area (Å²) in [6.07, 6.45) is 0.541. The number of aliphatic hydroxyl groups is 1. The third-order valence-corrected chi connectivity index (χ3v) is 3.03. The van der Waals surface area contributed by atoms with Gasteiger partial charge in [-0.2, -0.15) is 11.8 Å². The van der Waals surface area contributed by atoms with Crippen molar-refractivity contribution < 1.29 is 9.90 Å². The van der Waals surface area contributed by atoms with Gasteiger partial charge in [-0.1, -0.05) is 0 Å². The number of carbonyl (C=O) groups is 1. The molecule has 2 atom stereocenters. The van der Waals surface area contributed by atoms with Gasteiger partial charge in [0.15, 0.2) is 0 Å². The highest BCUT2D eigenvalue weighted by Crippen LogP contribution is 2.23. The van der Waals surface area contributed by atoms with Crippen molar-refractivity contribution in [3.63, 3.8) is 0 Å². The maximum absolute atomic E-state index is 11.3. The molecule has 1 fully saturated rings. The van der Waals surface area contributed by atoms with Gasteiger partial charge in [0.2, 0.25) is 5.91 Å². The van der Waals surface area contributed by atoms with E-state index >= 15 is 0 Å². The van der Waals surface area contributed by atoms with Crippen LogP contribution < -0.4 is 5.32 Å². The van der Waals surface area contributed by atoms with E-state index < -0.39 is 6.10 Å². The van der Waals surface area contributed by atoms with E-state index in [9.17, 15) is 4.79 Å². The van der Waals surface area contributed by atoms with E-state index in [0.29, 0.717) is 6.54 Å². The van der Waals surface area contributed by atoms with E-state index in [1.165, 1.54) is 0 Å². The lowest BCUT2D eigenvalue weighted by atomic mass is 10.1. The van der Waals surface area contributed by atoms with Gasteiger partial charge >= 0.3 is 0 Å². The van der Waals surface area contributed by atoms with Crippen molar-refractivity contribution in [2.45, 2.75) is 19.4 Å². The van der Waals surface area contributed by atoms with Crippen LogP contribution in [0.25, 0.3) is 0 Å². The molecule has 0 saturated carbocycles. The number of hydrogen-bond acceptors (Lipinski definition) is 3. The molecule has 1 heterocycles. The fourth-order valence-electron chi connectivity index (χ4n) is 1.13. The summed E-state index contributed by atoms with van der Waals surface area (Å²) in [5.74, 6) is 2.30. The Morgan fingerprint density at radius 3 is 3.08 bits per heavy atom. The monoisotopic (exact) mass is 189 g/mol.